The van der Waals surface area contributed by atoms with Crippen molar-refractivity contribution in [3.05, 3.63) is 29.3 Å². The van der Waals surface area contributed by atoms with Crippen LogP contribution in [-0.4, -0.2) is 30.9 Å². The molecular formula is C17H28N2O3. The van der Waals surface area contributed by atoms with Crippen LogP contribution in [0.4, 0.5) is 4.79 Å². The van der Waals surface area contributed by atoms with Crippen molar-refractivity contribution in [2.45, 2.75) is 46.2 Å². The average Bonchev–Trinajstić information content (AvgIpc) is 2.46. The third-order valence-electron chi connectivity index (χ3n) is 3.76. The van der Waals surface area contributed by atoms with Crippen molar-refractivity contribution in [2.24, 2.45) is 5.92 Å². The first-order valence-corrected chi connectivity index (χ1v) is 7.71. The van der Waals surface area contributed by atoms with Gasteiger partial charge in [-0.15, -0.1) is 0 Å². The molecule has 2 unspecified atom stereocenters. The normalized spacial score (nSPS) is 13.6. The van der Waals surface area contributed by atoms with E-state index in [1.165, 1.54) is 0 Å². The van der Waals surface area contributed by atoms with Crippen LogP contribution < -0.4 is 15.4 Å². The number of carbonyl (C=O) groups excluding carboxylic acids is 1. The molecule has 0 aliphatic rings. The summed E-state index contributed by atoms with van der Waals surface area (Å²) in [7, 11) is 1.62. The van der Waals surface area contributed by atoms with Gasteiger partial charge in [-0.2, -0.15) is 0 Å². The number of carbonyl (C=O) groups is 1. The number of aryl methyl sites for hydroxylation is 1. The molecule has 2 atom stereocenters. The highest BCUT2D eigenvalue weighted by atomic mass is 16.5. The van der Waals surface area contributed by atoms with Crippen LogP contribution in [0.2, 0.25) is 0 Å². The third kappa shape index (κ3) is 5.22. The molecule has 5 nitrogen and oxygen atoms in total. The first-order chi connectivity index (χ1) is 10.4. The molecule has 0 aliphatic heterocycles. The largest absolute Gasteiger partial charge is 0.496 e. The minimum absolute atomic E-state index is 0.0448. The van der Waals surface area contributed by atoms with E-state index in [0.717, 1.165) is 16.9 Å². The zero-order valence-electron chi connectivity index (χ0n) is 14.1. The van der Waals surface area contributed by atoms with Gasteiger partial charge < -0.3 is 20.5 Å². The zero-order chi connectivity index (χ0) is 16.7. The minimum atomic E-state index is -0.233. The Bertz CT molecular complexity index is 489. The summed E-state index contributed by atoms with van der Waals surface area (Å²) in [6.45, 7) is 8.03. The first-order valence-electron chi connectivity index (χ1n) is 7.71. The lowest BCUT2D eigenvalue weighted by atomic mass is 10.0. The number of urea groups is 1. The maximum Gasteiger partial charge on any atom is 0.315 e. The maximum atomic E-state index is 12.2. The van der Waals surface area contributed by atoms with E-state index in [1.807, 2.05) is 45.9 Å². The molecular weight excluding hydrogens is 280 g/mol. The summed E-state index contributed by atoms with van der Waals surface area (Å²) < 4.78 is 5.36. The number of nitrogens with one attached hydrogen (secondary N) is 2. The molecule has 0 bridgehead atoms. The fourth-order valence-corrected chi connectivity index (χ4v) is 2.39. The number of methoxy groups -OCH3 is 1. The number of aliphatic hydroxyl groups excluding tert-OH is 1. The number of benzene rings is 1. The number of hydrogen-bond donors (Lipinski definition) is 3. The van der Waals surface area contributed by atoms with Gasteiger partial charge in [0, 0.05) is 18.2 Å². The van der Waals surface area contributed by atoms with Gasteiger partial charge in [-0.3, -0.25) is 0 Å². The molecule has 5 heteroatoms. The number of rotatable bonds is 7. The SMILES string of the molecule is COc1ccc(C)cc1C(C)NC(=O)NC(CCO)C(C)C. The number of aliphatic hydroxyl groups is 1. The van der Waals surface area contributed by atoms with Gasteiger partial charge in [0.15, 0.2) is 0 Å². The summed E-state index contributed by atoms with van der Waals surface area (Å²) in [6.07, 6.45) is 0.549. The smallest absolute Gasteiger partial charge is 0.315 e. The van der Waals surface area contributed by atoms with E-state index < -0.39 is 0 Å². The topological polar surface area (TPSA) is 70.6 Å². The molecule has 0 aliphatic carbocycles. The predicted molar refractivity (Wildman–Crippen MR) is 88.1 cm³/mol. The van der Waals surface area contributed by atoms with Gasteiger partial charge in [-0.05, 0) is 32.3 Å². The lowest BCUT2D eigenvalue weighted by Gasteiger charge is -2.24. The van der Waals surface area contributed by atoms with Crippen LogP contribution in [0.15, 0.2) is 18.2 Å². The lowest BCUT2D eigenvalue weighted by molar-refractivity contribution is 0.216. The highest BCUT2D eigenvalue weighted by Crippen LogP contribution is 2.26. The van der Waals surface area contributed by atoms with Crippen molar-refractivity contribution in [3.8, 4) is 5.75 Å². The van der Waals surface area contributed by atoms with Crippen molar-refractivity contribution in [3.63, 3.8) is 0 Å². The monoisotopic (exact) mass is 308 g/mol. The van der Waals surface area contributed by atoms with Gasteiger partial charge in [-0.1, -0.05) is 31.5 Å². The summed E-state index contributed by atoms with van der Waals surface area (Å²) in [5, 5.41) is 14.9. The summed E-state index contributed by atoms with van der Waals surface area (Å²) >= 11 is 0. The van der Waals surface area contributed by atoms with Crippen LogP contribution in [0.25, 0.3) is 0 Å². The third-order valence-corrected chi connectivity index (χ3v) is 3.76. The van der Waals surface area contributed by atoms with Gasteiger partial charge in [-0.25, -0.2) is 4.79 Å². The second-order valence-electron chi connectivity index (χ2n) is 5.95. The molecule has 1 rings (SSSR count). The van der Waals surface area contributed by atoms with Gasteiger partial charge in [0.05, 0.1) is 13.2 Å². The van der Waals surface area contributed by atoms with Crippen molar-refractivity contribution in [1.29, 1.82) is 0 Å². The summed E-state index contributed by atoms with van der Waals surface area (Å²) in [5.41, 5.74) is 2.06. The number of hydrogen-bond acceptors (Lipinski definition) is 3. The molecule has 0 heterocycles. The van der Waals surface area contributed by atoms with Crippen LogP contribution in [-0.2, 0) is 0 Å². The van der Waals surface area contributed by atoms with Crippen LogP contribution in [0.3, 0.4) is 0 Å². The Morgan fingerprint density at radius 2 is 1.95 bits per heavy atom. The Labute approximate surface area is 133 Å². The van der Waals surface area contributed by atoms with Gasteiger partial charge in [0.25, 0.3) is 0 Å². The van der Waals surface area contributed by atoms with E-state index >= 15 is 0 Å². The van der Waals surface area contributed by atoms with E-state index in [1.54, 1.807) is 7.11 Å². The predicted octanol–water partition coefficient (Wildman–Crippen LogP) is 2.77. The first kappa shape index (κ1) is 18.3. The molecule has 22 heavy (non-hydrogen) atoms. The number of amides is 2. The highest BCUT2D eigenvalue weighted by Gasteiger charge is 2.18. The Balaban J connectivity index is 2.73. The van der Waals surface area contributed by atoms with Crippen LogP contribution in [0, 0.1) is 12.8 Å². The molecule has 0 spiro atoms. The lowest BCUT2D eigenvalue weighted by Crippen LogP contribution is -2.45. The fourth-order valence-electron chi connectivity index (χ4n) is 2.39. The Morgan fingerprint density at radius 1 is 1.27 bits per heavy atom. The standard InChI is InChI=1S/C17H28N2O3/c1-11(2)15(8-9-20)19-17(21)18-13(4)14-10-12(3)6-7-16(14)22-5/h6-7,10-11,13,15,20H,8-9H2,1-5H3,(H2,18,19,21). The van der Waals surface area contributed by atoms with E-state index in [4.69, 9.17) is 9.84 Å². The Morgan fingerprint density at radius 3 is 2.50 bits per heavy atom. The van der Waals surface area contributed by atoms with Crippen LogP contribution in [0.1, 0.15) is 44.4 Å². The van der Waals surface area contributed by atoms with Crippen molar-refractivity contribution >= 4 is 6.03 Å². The molecule has 0 fully saturated rings. The van der Waals surface area contributed by atoms with Crippen LogP contribution in [0.5, 0.6) is 5.75 Å². The van der Waals surface area contributed by atoms with Gasteiger partial charge in [0.2, 0.25) is 0 Å². The van der Waals surface area contributed by atoms with Crippen molar-refractivity contribution in [2.75, 3.05) is 13.7 Å². The summed E-state index contributed by atoms with van der Waals surface area (Å²) in [5.74, 6) is 1.02. The van der Waals surface area contributed by atoms with Gasteiger partial charge in [0.1, 0.15) is 5.75 Å². The molecule has 1 aromatic carbocycles. The Kier molecular flexibility index (Phi) is 7.18. The van der Waals surface area contributed by atoms with E-state index in [-0.39, 0.29) is 30.6 Å². The Hall–Kier alpha value is -1.75. The summed E-state index contributed by atoms with van der Waals surface area (Å²) in [4.78, 5) is 12.2. The maximum absolute atomic E-state index is 12.2. The number of ether oxygens (including phenoxy) is 1. The fraction of sp³-hybridized carbons (Fsp3) is 0.588. The molecule has 2 amide bonds. The molecule has 0 saturated heterocycles. The molecule has 0 radical (unpaired) electrons. The highest BCUT2D eigenvalue weighted by molar-refractivity contribution is 5.75. The van der Waals surface area contributed by atoms with E-state index in [2.05, 4.69) is 10.6 Å². The minimum Gasteiger partial charge on any atom is -0.496 e. The molecule has 0 aromatic heterocycles. The molecule has 124 valence electrons. The molecule has 3 N–H and O–H groups in total. The second kappa shape index (κ2) is 8.63. The molecule has 0 saturated carbocycles. The van der Waals surface area contributed by atoms with Crippen LogP contribution >= 0.6 is 0 Å². The van der Waals surface area contributed by atoms with Crippen molar-refractivity contribution < 1.29 is 14.6 Å². The quantitative estimate of drug-likeness (QED) is 0.725. The average molecular weight is 308 g/mol. The zero-order valence-corrected chi connectivity index (χ0v) is 14.1. The second-order valence-corrected chi connectivity index (χ2v) is 5.95. The van der Waals surface area contributed by atoms with E-state index in [0.29, 0.717) is 6.42 Å². The summed E-state index contributed by atoms with van der Waals surface area (Å²) in [6, 6.07) is 5.45. The molecule has 1 aromatic rings. The van der Waals surface area contributed by atoms with Gasteiger partial charge >= 0.3 is 6.03 Å². The van der Waals surface area contributed by atoms with Crippen molar-refractivity contribution in [1.82, 2.24) is 10.6 Å². The van der Waals surface area contributed by atoms with E-state index in [9.17, 15) is 4.79 Å².